The lowest BCUT2D eigenvalue weighted by Gasteiger charge is -2.05. The minimum absolute atomic E-state index is 0.107. The topological polar surface area (TPSA) is 68.1 Å². The number of nitrogens with zero attached hydrogens (tertiary/aromatic N) is 1. The maximum atomic E-state index is 14.2. The van der Waals surface area contributed by atoms with Gasteiger partial charge in [0.25, 0.3) is 5.56 Å². The highest BCUT2D eigenvalue weighted by Gasteiger charge is 2.16. The molecule has 4 aromatic rings. The molecule has 5 nitrogen and oxygen atoms in total. The Morgan fingerprint density at radius 2 is 2.08 bits per heavy atom. The predicted octanol–water partition coefficient (Wildman–Crippen LogP) is 4.25. The maximum Gasteiger partial charge on any atom is 0.294 e. The minimum Gasteiger partial charge on any atom is -0.497 e. The molecule has 0 atom stereocenters. The number of hydrogen-bond donors (Lipinski definition) is 1. The van der Waals surface area contributed by atoms with Gasteiger partial charge in [-0.1, -0.05) is 15.9 Å². The number of benzene rings is 2. The molecule has 0 aliphatic rings. The molecule has 7 heteroatoms. The number of furan rings is 1. The van der Waals surface area contributed by atoms with E-state index in [9.17, 15) is 9.18 Å². The molecule has 0 spiro atoms. The summed E-state index contributed by atoms with van der Waals surface area (Å²) < 4.78 is 25.7. The van der Waals surface area contributed by atoms with E-state index < -0.39 is 11.4 Å². The van der Waals surface area contributed by atoms with Crippen molar-refractivity contribution in [1.29, 1.82) is 0 Å². The van der Waals surface area contributed by atoms with Crippen LogP contribution in [0.2, 0.25) is 0 Å². The SMILES string of the molecule is COc1ccc(F)c(-c2nc3c(oc4ccc(Br)cc43)c(=O)[nH]2)c1. The third-order valence-electron chi connectivity index (χ3n) is 3.71. The Labute approximate surface area is 143 Å². The standard InChI is InChI=1S/C17H10BrFN2O3/c1-23-9-3-4-12(19)10(7-9)16-20-14-11-6-8(18)2-5-13(11)24-15(14)17(22)21-16/h2-7H,1H3,(H,20,21,22). The highest BCUT2D eigenvalue weighted by Crippen LogP contribution is 2.30. The van der Waals surface area contributed by atoms with Crippen molar-refractivity contribution in [3.63, 3.8) is 0 Å². The molecule has 0 fully saturated rings. The van der Waals surface area contributed by atoms with Crippen LogP contribution in [0.5, 0.6) is 5.75 Å². The van der Waals surface area contributed by atoms with Crippen LogP contribution in [-0.2, 0) is 0 Å². The zero-order valence-electron chi connectivity index (χ0n) is 12.4. The van der Waals surface area contributed by atoms with E-state index >= 15 is 0 Å². The van der Waals surface area contributed by atoms with Crippen LogP contribution in [0.25, 0.3) is 33.5 Å². The molecule has 4 rings (SSSR count). The van der Waals surface area contributed by atoms with Crippen molar-refractivity contribution in [2.24, 2.45) is 0 Å². The molecule has 0 bridgehead atoms. The number of ether oxygens (including phenoxy) is 1. The van der Waals surface area contributed by atoms with Gasteiger partial charge >= 0.3 is 0 Å². The molecule has 24 heavy (non-hydrogen) atoms. The monoisotopic (exact) mass is 388 g/mol. The Morgan fingerprint density at radius 1 is 1.25 bits per heavy atom. The number of fused-ring (bicyclic) bond motifs is 3. The summed E-state index contributed by atoms with van der Waals surface area (Å²) in [5.74, 6) is 0.0767. The fraction of sp³-hybridized carbons (Fsp3) is 0.0588. The number of aromatic nitrogens is 2. The van der Waals surface area contributed by atoms with Crippen LogP contribution < -0.4 is 10.3 Å². The fourth-order valence-corrected chi connectivity index (χ4v) is 2.93. The molecule has 0 radical (unpaired) electrons. The van der Waals surface area contributed by atoms with E-state index in [-0.39, 0.29) is 17.0 Å². The third-order valence-corrected chi connectivity index (χ3v) is 4.21. The quantitative estimate of drug-likeness (QED) is 0.557. The fourth-order valence-electron chi connectivity index (χ4n) is 2.57. The van der Waals surface area contributed by atoms with Crippen LogP contribution in [0.15, 0.2) is 50.1 Å². The molecule has 120 valence electrons. The summed E-state index contributed by atoms with van der Waals surface area (Å²) in [6.07, 6.45) is 0. The van der Waals surface area contributed by atoms with E-state index in [0.717, 1.165) is 4.47 Å². The zero-order valence-corrected chi connectivity index (χ0v) is 14.0. The van der Waals surface area contributed by atoms with Gasteiger partial charge in [0, 0.05) is 9.86 Å². The maximum absolute atomic E-state index is 14.2. The number of H-pyrrole nitrogens is 1. The largest absolute Gasteiger partial charge is 0.497 e. The Kier molecular flexibility index (Phi) is 3.38. The van der Waals surface area contributed by atoms with Crippen LogP contribution in [0.4, 0.5) is 4.39 Å². The lowest BCUT2D eigenvalue weighted by Crippen LogP contribution is -2.09. The van der Waals surface area contributed by atoms with E-state index in [1.165, 1.54) is 25.3 Å². The van der Waals surface area contributed by atoms with Gasteiger partial charge in [-0.2, -0.15) is 0 Å². The molecule has 2 aromatic carbocycles. The smallest absolute Gasteiger partial charge is 0.294 e. The molecule has 0 aliphatic heterocycles. The van der Waals surface area contributed by atoms with Crippen LogP contribution in [0, 0.1) is 5.82 Å². The minimum atomic E-state index is -0.507. The highest BCUT2D eigenvalue weighted by atomic mass is 79.9. The van der Waals surface area contributed by atoms with E-state index in [0.29, 0.717) is 22.2 Å². The van der Waals surface area contributed by atoms with E-state index in [1.807, 2.05) is 6.07 Å². The summed E-state index contributed by atoms with van der Waals surface area (Å²) in [5.41, 5.74) is 0.708. The number of aromatic amines is 1. The second-order valence-corrected chi connectivity index (χ2v) is 6.10. The number of hydrogen-bond acceptors (Lipinski definition) is 4. The average molecular weight is 389 g/mol. The lowest BCUT2D eigenvalue weighted by molar-refractivity contribution is 0.414. The first-order chi connectivity index (χ1) is 11.6. The molecular formula is C17H10BrFN2O3. The number of methoxy groups -OCH3 is 1. The Balaban J connectivity index is 2.06. The number of halogens is 2. The molecule has 0 saturated heterocycles. The molecule has 0 unspecified atom stereocenters. The van der Waals surface area contributed by atoms with Crippen molar-refractivity contribution in [2.45, 2.75) is 0 Å². The summed E-state index contributed by atoms with van der Waals surface area (Å²) in [6, 6.07) is 9.60. The molecular weight excluding hydrogens is 379 g/mol. The summed E-state index contributed by atoms with van der Waals surface area (Å²) in [7, 11) is 1.48. The van der Waals surface area contributed by atoms with Crippen molar-refractivity contribution in [3.8, 4) is 17.1 Å². The van der Waals surface area contributed by atoms with E-state index in [1.54, 1.807) is 12.1 Å². The van der Waals surface area contributed by atoms with Crippen LogP contribution in [-0.4, -0.2) is 17.1 Å². The second-order valence-electron chi connectivity index (χ2n) is 5.18. The first kappa shape index (κ1) is 14.9. The third kappa shape index (κ3) is 2.28. The average Bonchev–Trinajstić information content (AvgIpc) is 2.94. The van der Waals surface area contributed by atoms with Gasteiger partial charge in [-0.25, -0.2) is 9.37 Å². The van der Waals surface area contributed by atoms with Gasteiger partial charge in [-0.3, -0.25) is 4.79 Å². The van der Waals surface area contributed by atoms with Gasteiger partial charge in [0.1, 0.15) is 28.5 Å². The first-order valence-corrected chi connectivity index (χ1v) is 7.82. The van der Waals surface area contributed by atoms with Gasteiger partial charge < -0.3 is 14.1 Å². The van der Waals surface area contributed by atoms with Crippen LogP contribution in [0.3, 0.4) is 0 Å². The number of nitrogens with one attached hydrogen (secondary N) is 1. The second kappa shape index (κ2) is 5.45. The van der Waals surface area contributed by atoms with Gasteiger partial charge in [-0.05, 0) is 36.4 Å². The predicted molar refractivity (Wildman–Crippen MR) is 91.8 cm³/mol. The van der Waals surface area contributed by atoms with E-state index in [2.05, 4.69) is 25.9 Å². The van der Waals surface area contributed by atoms with Gasteiger partial charge in [0.15, 0.2) is 0 Å². The molecule has 0 saturated carbocycles. The highest BCUT2D eigenvalue weighted by molar-refractivity contribution is 9.10. The summed E-state index contributed by atoms with van der Waals surface area (Å²) in [4.78, 5) is 19.3. The molecule has 2 heterocycles. The Morgan fingerprint density at radius 3 is 2.88 bits per heavy atom. The van der Waals surface area contributed by atoms with Crippen molar-refractivity contribution in [3.05, 3.63) is 57.0 Å². The van der Waals surface area contributed by atoms with Gasteiger partial charge in [-0.15, -0.1) is 0 Å². The summed E-state index contributed by atoms with van der Waals surface area (Å²) in [6.45, 7) is 0. The van der Waals surface area contributed by atoms with Crippen molar-refractivity contribution < 1.29 is 13.5 Å². The lowest BCUT2D eigenvalue weighted by atomic mass is 10.1. The zero-order chi connectivity index (χ0) is 16.8. The molecule has 0 amide bonds. The number of rotatable bonds is 2. The summed E-state index contributed by atoms with van der Waals surface area (Å²) >= 11 is 3.38. The van der Waals surface area contributed by atoms with Crippen molar-refractivity contribution >= 4 is 38.0 Å². The first-order valence-electron chi connectivity index (χ1n) is 7.03. The van der Waals surface area contributed by atoms with Crippen LogP contribution >= 0.6 is 15.9 Å². The molecule has 1 N–H and O–H groups in total. The summed E-state index contributed by atoms with van der Waals surface area (Å²) in [5, 5.41) is 0.676. The van der Waals surface area contributed by atoms with Gasteiger partial charge in [0.05, 0.1) is 12.7 Å². The van der Waals surface area contributed by atoms with Crippen molar-refractivity contribution in [1.82, 2.24) is 9.97 Å². The van der Waals surface area contributed by atoms with E-state index in [4.69, 9.17) is 9.15 Å². The van der Waals surface area contributed by atoms with Crippen molar-refractivity contribution in [2.75, 3.05) is 7.11 Å². The van der Waals surface area contributed by atoms with Gasteiger partial charge in [0.2, 0.25) is 5.58 Å². The molecule has 2 aromatic heterocycles. The Bertz CT molecular complexity index is 1150. The normalized spacial score (nSPS) is 11.3. The van der Waals surface area contributed by atoms with Crippen LogP contribution in [0.1, 0.15) is 0 Å². The molecule has 0 aliphatic carbocycles. The Hall–Kier alpha value is -2.67.